The van der Waals surface area contributed by atoms with Gasteiger partial charge in [-0.05, 0) is 49.6 Å². The molecule has 29 heavy (non-hydrogen) atoms. The predicted molar refractivity (Wildman–Crippen MR) is 119 cm³/mol. The third-order valence-electron chi connectivity index (χ3n) is 6.75. The molecule has 2 fully saturated rings. The fraction of sp³-hybridized carbons (Fsp3) is 0.458. The van der Waals surface area contributed by atoms with E-state index in [4.69, 9.17) is 0 Å². The first-order valence-electron chi connectivity index (χ1n) is 10.9. The molecule has 0 atom stereocenters. The Morgan fingerprint density at radius 1 is 1.07 bits per heavy atom. The molecule has 3 aliphatic rings. The van der Waals surface area contributed by atoms with E-state index in [0.29, 0.717) is 0 Å². The van der Waals surface area contributed by atoms with Gasteiger partial charge in [0.2, 0.25) is 0 Å². The van der Waals surface area contributed by atoms with Gasteiger partial charge in [0.25, 0.3) is 0 Å². The Hall–Kier alpha value is -2.37. The summed E-state index contributed by atoms with van der Waals surface area (Å²) in [5.41, 5.74) is 4.92. The minimum absolute atomic E-state index is 0.629. The Balaban J connectivity index is 1.43. The molecule has 152 valence electrons. The smallest absolute Gasteiger partial charge is 0.139 e. The summed E-state index contributed by atoms with van der Waals surface area (Å²) in [6.45, 7) is 4.27. The van der Waals surface area contributed by atoms with Crippen LogP contribution in [0.1, 0.15) is 37.8 Å². The maximum absolute atomic E-state index is 10.9. The molecule has 0 radical (unpaired) electrons. The number of rotatable bonds is 3. The zero-order valence-electron chi connectivity index (χ0n) is 17.2. The first-order chi connectivity index (χ1) is 14.1. The Morgan fingerprint density at radius 3 is 2.66 bits per heavy atom. The van der Waals surface area contributed by atoms with Crippen LogP contribution in [0.4, 0.5) is 5.69 Å². The first kappa shape index (κ1) is 18.6. The lowest BCUT2D eigenvalue weighted by Gasteiger charge is -2.34. The Kier molecular flexibility index (Phi) is 4.80. The Bertz CT molecular complexity index is 985. The van der Waals surface area contributed by atoms with E-state index in [1.807, 2.05) is 6.20 Å². The van der Waals surface area contributed by atoms with Crippen LogP contribution in [0.5, 0.6) is 0 Å². The van der Waals surface area contributed by atoms with Crippen LogP contribution in [-0.4, -0.2) is 58.8 Å². The molecule has 0 spiro atoms. The Labute approximate surface area is 172 Å². The average molecular weight is 391 g/mol. The molecule has 3 heterocycles. The standard InChI is InChI=1S/C24H30N4O/c1-27-13-15-28(16-14-27)22-9-12-25-23-20(22)17-21(26-23)18-5-4-6-19(8-7-18)24(29)10-2-3-11-24/h5-9,12,17,29H,2-4,10-11,13-16H2,1H3,(H,25,26). The van der Waals surface area contributed by atoms with Gasteiger partial charge in [-0.1, -0.05) is 37.1 Å². The number of likely N-dealkylation sites (N-methyl/N-ethyl adjacent to an activating group) is 1. The van der Waals surface area contributed by atoms with Crippen molar-refractivity contribution in [2.75, 3.05) is 38.1 Å². The van der Waals surface area contributed by atoms with Gasteiger partial charge in [-0.25, -0.2) is 4.98 Å². The summed E-state index contributed by atoms with van der Waals surface area (Å²) < 4.78 is 0. The van der Waals surface area contributed by atoms with E-state index < -0.39 is 5.60 Å². The van der Waals surface area contributed by atoms with Gasteiger partial charge in [0.1, 0.15) is 5.65 Å². The van der Waals surface area contributed by atoms with E-state index in [0.717, 1.165) is 75.2 Å². The first-order valence-corrected chi connectivity index (χ1v) is 10.9. The van der Waals surface area contributed by atoms with E-state index in [9.17, 15) is 5.11 Å². The van der Waals surface area contributed by atoms with Crippen molar-refractivity contribution in [2.24, 2.45) is 0 Å². The minimum Gasteiger partial charge on any atom is -0.385 e. The van der Waals surface area contributed by atoms with E-state index >= 15 is 0 Å². The molecule has 5 rings (SSSR count). The van der Waals surface area contributed by atoms with Crippen molar-refractivity contribution in [3.8, 4) is 0 Å². The third kappa shape index (κ3) is 3.53. The monoisotopic (exact) mass is 390 g/mol. The van der Waals surface area contributed by atoms with Gasteiger partial charge in [-0.2, -0.15) is 0 Å². The summed E-state index contributed by atoms with van der Waals surface area (Å²) in [5, 5.41) is 12.1. The number of aromatic nitrogens is 2. The molecule has 0 unspecified atom stereocenters. The van der Waals surface area contributed by atoms with E-state index in [-0.39, 0.29) is 0 Å². The number of H-pyrrole nitrogens is 1. The number of pyridine rings is 1. The van der Waals surface area contributed by atoms with Crippen LogP contribution in [0.3, 0.4) is 0 Å². The van der Waals surface area contributed by atoms with Gasteiger partial charge < -0.3 is 19.9 Å². The Morgan fingerprint density at radius 2 is 1.86 bits per heavy atom. The molecule has 0 aromatic carbocycles. The number of fused-ring (bicyclic) bond motifs is 1. The second-order valence-electron chi connectivity index (χ2n) is 8.69. The zero-order chi connectivity index (χ0) is 19.8. The number of hydrogen-bond donors (Lipinski definition) is 2. The largest absolute Gasteiger partial charge is 0.385 e. The van der Waals surface area contributed by atoms with Crippen molar-refractivity contribution in [3.63, 3.8) is 0 Å². The molecule has 2 aliphatic carbocycles. The fourth-order valence-electron chi connectivity index (χ4n) is 4.91. The highest BCUT2D eigenvalue weighted by Crippen LogP contribution is 2.38. The second kappa shape index (κ2) is 7.47. The summed E-state index contributed by atoms with van der Waals surface area (Å²) in [6, 6.07) is 4.37. The van der Waals surface area contributed by atoms with Crippen LogP contribution in [0.15, 0.2) is 48.2 Å². The lowest BCUT2D eigenvalue weighted by atomic mass is 9.91. The second-order valence-corrected chi connectivity index (χ2v) is 8.69. The van der Waals surface area contributed by atoms with Gasteiger partial charge in [0.05, 0.1) is 5.60 Å². The highest BCUT2D eigenvalue weighted by Gasteiger charge is 2.33. The summed E-state index contributed by atoms with van der Waals surface area (Å²) in [4.78, 5) is 12.9. The van der Waals surface area contributed by atoms with Crippen LogP contribution < -0.4 is 4.90 Å². The summed E-state index contributed by atoms with van der Waals surface area (Å²) in [6.07, 6.45) is 15.4. The normalized spacial score (nSPS) is 22.6. The molecule has 1 saturated carbocycles. The summed E-state index contributed by atoms with van der Waals surface area (Å²) in [5.74, 6) is 0. The molecule has 2 N–H and O–H groups in total. The van der Waals surface area contributed by atoms with Crippen LogP contribution in [0.2, 0.25) is 0 Å². The fourth-order valence-corrected chi connectivity index (χ4v) is 4.91. The molecular formula is C24H30N4O. The number of aliphatic hydroxyl groups is 1. The van der Waals surface area contributed by atoms with E-state index in [2.05, 4.69) is 63.3 Å². The number of anilines is 1. The van der Waals surface area contributed by atoms with Gasteiger partial charge in [-0.3, -0.25) is 0 Å². The molecule has 2 aromatic rings. The lowest BCUT2D eigenvalue weighted by Crippen LogP contribution is -2.44. The van der Waals surface area contributed by atoms with Crippen molar-refractivity contribution in [2.45, 2.75) is 37.7 Å². The van der Waals surface area contributed by atoms with Gasteiger partial charge >= 0.3 is 0 Å². The lowest BCUT2D eigenvalue weighted by molar-refractivity contribution is 0.0898. The van der Waals surface area contributed by atoms with Crippen molar-refractivity contribution >= 4 is 22.3 Å². The molecule has 1 saturated heterocycles. The highest BCUT2D eigenvalue weighted by atomic mass is 16.3. The number of allylic oxidation sites excluding steroid dienone is 4. The number of nitrogens with one attached hydrogen (secondary N) is 1. The van der Waals surface area contributed by atoms with Crippen molar-refractivity contribution in [1.82, 2.24) is 14.9 Å². The molecule has 0 bridgehead atoms. The van der Waals surface area contributed by atoms with Crippen molar-refractivity contribution in [1.29, 1.82) is 0 Å². The van der Waals surface area contributed by atoms with Crippen molar-refractivity contribution < 1.29 is 5.11 Å². The predicted octanol–water partition coefficient (Wildman–Crippen LogP) is 3.89. The van der Waals surface area contributed by atoms with Gasteiger partial charge in [0, 0.05) is 49.1 Å². The quantitative estimate of drug-likeness (QED) is 0.835. The maximum Gasteiger partial charge on any atom is 0.139 e. The SMILES string of the molecule is CN1CCN(c2ccnc3[nH]c(C4=CCC=C(C5(O)CCCC5)C=C4)cc23)CC1. The molecular weight excluding hydrogens is 360 g/mol. The third-order valence-corrected chi connectivity index (χ3v) is 6.75. The molecule has 5 heteroatoms. The number of nitrogens with zero attached hydrogens (tertiary/aromatic N) is 3. The van der Waals surface area contributed by atoms with Crippen LogP contribution in [-0.2, 0) is 0 Å². The van der Waals surface area contributed by atoms with E-state index in [1.54, 1.807) is 0 Å². The highest BCUT2D eigenvalue weighted by molar-refractivity contribution is 5.94. The zero-order valence-corrected chi connectivity index (χ0v) is 17.2. The summed E-state index contributed by atoms with van der Waals surface area (Å²) in [7, 11) is 2.18. The van der Waals surface area contributed by atoms with Gasteiger partial charge in [0.15, 0.2) is 0 Å². The number of aromatic amines is 1. The van der Waals surface area contributed by atoms with E-state index in [1.165, 1.54) is 16.6 Å². The van der Waals surface area contributed by atoms with Crippen LogP contribution in [0.25, 0.3) is 16.6 Å². The molecule has 2 aromatic heterocycles. The van der Waals surface area contributed by atoms with Crippen LogP contribution in [0, 0.1) is 0 Å². The topological polar surface area (TPSA) is 55.4 Å². The minimum atomic E-state index is -0.629. The molecule has 5 nitrogen and oxygen atoms in total. The average Bonchev–Trinajstić information content (AvgIpc) is 3.28. The van der Waals surface area contributed by atoms with Crippen LogP contribution >= 0.6 is 0 Å². The van der Waals surface area contributed by atoms with Gasteiger partial charge in [-0.15, -0.1) is 0 Å². The molecule has 0 amide bonds. The van der Waals surface area contributed by atoms with Crippen molar-refractivity contribution in [3.05, 3.63) is 53.9 Å². The maximum atomic E-state index is 10.9. The summed E-state index contributed by atoms with van der Waals surface area (Å²) >= 11 is 0. The number of piperazine rings is 1. The molecule has 1 aliphatic heterocycles. The number of hydrogen-bond acceptors (Lipinski definition) is 4.